The molecule has 0 amide bonds. The third-order valence-electron chi connectivity index (χ3n) is 3.74. The van der Waals surface area contributed by atoms with Gasteiger partial charge in [0.25, 0.3) is 0 Å². The summed E-state index contributed by atoms with van der Waals surface area (Å²) in [7, 11) is 0. The van der Waals surface area contributed by atoms with Gasteiger partial charge in [0.05, 0.1) is 11.6 Å². The van der Waals surface area contributed by atoms with Crippen LogP contribution in [0.5, 0.6) is 5.75 Å². The Morgan fingerprint density at radius 1 is 1.05 bits per heavy atom. The fourth-order valence-electron chi connectivity index (χ4n) is 2.34. The number of hydrogen-bond acceptors (Lipinski definition) is 2. The van der Waals surface area contributed by atoms with Crippen LogP contribution in [0.3, 0.4) is 0 Å². The van der Waals surface area contributed by atoms with Crippen LogP contribution in [0.4, 0.5) is 0 Å². The second-order valence-corrected chi connectivity index (χ2v) is 6.21. The predicted octanol–water partition coefficient (Wildman–Crippen LogP) is 5.88. The highest BCUT2D eigenvalue weighted by atomic mass is 35.5. The average Bonchev–Trinajstić information content (AvgIpc) is 2.46. The molecule has 0 bridgehead atoms. The van der Waals surface area contributed by atoms with E-state index in [2.05, 4.69) is 6.92 Å². The highest BCUT2D eigenvalue weighted by Crippen LogP contribution is 2.27. The Morgan fingerprint density at radius 2 is 1.67 bits per heavy atom. The van der Waals surface area contributed by atoms with Crippen LogP contribution in [-0.4, -0.2) is 6.61 Å². The van der Waals surface area contributed by atoms with Crippen molar-refractivity contribution in [3.8, 4) is 5.75 Å². The number of ether oxygens (including phenoxy) is 1. The number of benzene rings is 1. The van der Waals surface area contributed by atoms with Crippen molar-refractivity contribution < 1.29 is 4.74 Å². The summed E-state index contributed by atoms with van der Waals surface area (Å²) in [6.45, 7) is 4.95. The third kappa shape index (κ3) is 7.73. The molecule has 1 unspecified atom stereocenters. The Bertz CT molecular complexity index is 393. The van der Waals surface area contributed by atoms with E-state index in [9.17, 15) is 0 Å². The summed E-state index contributed by atoms with van der Waals surface area (Å²) in [5, 5.41) is 0.657. The molecule has 2 nitrogen and oxygen atoms in total. The van der Waals surface area contributed by atoms with Gasteiger partial charge in [-0.1, -0.05) is 69.5 Å². The maximum Gasteiger partial charge on any atom is 0.137 e. The Kier molecular flexibility index (Phi) is 9.53. The van der Waals surface area contributed by atoms with E-state index < -0.39 is 0 Å². The molecule has 0 fully saturated rings. The molecule has 0 aliphatic heterocycles. The van der Waals surface area contributed by atoms with E-state index in [0.29, 0.717) is 5.02 Å². The minimum absolute atomic E-state index is 0.00394. The summed E-state index contributed by atoms with van der Waals surface area (Å²) in [5.74, 6) is 0.768. The lowest BCUT2D eigenvalue weighted by molar-refractivity contribution is 0.304. The summed E-state index contributed by atoms with van der Waals surface area (Å²) >= 11 is 6.20. The van der Waals surface area contributed by atoms with Crippen molar-refractivity contribution in [1.29, 1.82) is 0 Å². The van der Waals surface area contributed by atoms with Gasteiger partial charge in [0.15, 0.2) is 0 Å². The molecular weight excluding hydrogens is 282 g/mol. The Morgan fingerprint density at radius 3 is 2.24 bits per heavy atom. The van der Waals surface area contributed by atoms with Gasteiger partial charge in [0.1, 0.15) is 5.75 Å². The van der Waals surface area contributed by atoms with Crippen molar-refractivity contribution in [2.24, 2.45) is 5.73 Å². The summed E-state index contributed by atoms with van der Waals surface area (Å²) < 4.78 is 5.74. The zero-order chi connectivity index (χ0) is 15.5. The van der Waals surface area contributed by atoms with Crippen molar-refractivity contribution >= 4 is 11.6 Å². The molecule has 0 aliphatic carbocycles. The molecule has 0 aromatic heterocycles. The average molecular weight is 312 g/mol. The van der Waals surface area contributed by atoms with Crippen LogP contribution in [0.1, 0.15) is 76.8 Å². The second-order valence-electron chi connectivity index (χ2n) is 5.80. The van der Waals surface area contributed by atoms with Gasteiger partial charge >= 0.3 is 0 Å². The van der Waals surface area contributed by atoms with Crippen LogP contribution in [0, 0.1) is 0 Å². The summed E-state index contributed by atoms with van der Waals surface area (Å²) in [6, 6.07) is 5.81. The summed E-state index contributed by atoms with van der Waals surface area (Å²) in [6.07, 6.45) is 10.4. The molecule has 0 spiro atoms. The van der Waals surface area contributed by atoms with E-state index in [1.54, 1.807) is 0 Å². The molecule has 0 saturated heterocycles. The summed E-state index contributed by atoms with van der Waals surface area (Å²) in [5.41, 5.74) is 6.87. The van der Waals surface area contributed by atoms with Gasteiger partial charge < -0.3 is 10.5 Å². The number of rotatable bonds is 11. The van der Waals surface area contributed by atoms with Gasteiger partial charge in [-0.05, 0) is 31.0 Å². The molecule has 0 saturated carbocycles. The van der Waals surface area contributed by atoms with Crippen molar-refractivity contribution in [3.63, 3.8) is 0 Å². The van der Waals surface area contributed by atoms with Crippen LogP contribution in [0.2, 0.25) is 5.02 Å². The fourth-order valence-corrected chi connectivity index (χ4v) is 2.58. The molecule has 3 heteroatoms. The van der Waals surface area contributed by atoms with Gasteiger partial charge in [-0.2, -0.15) is 0 Å². The molecule has 21 heavy (non-hydrogen) atoms. The van der Waals surface area contributed by atoms with Crippen LogP contribution in [0.15, 0.2) is 18.2 Å². The first-order valence-electron chi connectivity index (χ1n) is 8.33. The highest BCUT2D eigenvalue weighted by Gasteiger charge is 2.05. The van der Waals surface area contributed by atoms with Gasteiger partial charge in [-0.15, -0.1) is 0 Å². The molecule has 1 aromatic rings. The lowest BCUT2D eigenvalue weighted by Crippen LogP contribution is -2.05. The maximum atomic E-state index is 6.20. The van der Waals surface area contributed by atoms with E-state index in [1.165, 1.54) is 44.9 Å². The molecule has 0 heterocycles. The normalized spacial score (nSPS) is 12.4. The molecule has 120 valence electrons. The maximum absolute atomic E-state index is 6.20. The van der Waals surface area contributed by atoms with E-state index in [1.807, 2.05) is 25.1 Å². The van der Waals surface area contributed by atoms with Crippen molar-refractivity contribution in [1.82, 2.24) is 0 Å². The third-order valence-corrected chi connectivity index (χ3v) is 4.03. The van der Waals surface area contributed by atoms with Crippen molar-refractivity contribution in [2.45, 2.75) is 71.3 Å². The zero-order valence-electron chi connectivity index (χ0n) is 13.5. The van der Waals surface area contributed by atoms with E-state index >= 15 is 0 Å². The van der Waals surface area contributed by atoms with Gasteiger partial charge in [-0.25, -0.2) is 0 Å². The number of nitrogens with two attached hydrogens (primary N) is 1. The Hall–Kier alpha value is -0.730. The van der Waals surface area contributed by atoms with Crippen LogP contribution < -0.4 is 10.5 Å². The van der Waals surface area contributed by atoms with Gasteiger partial charge in [-0.3, -0.25) is 0 Å². The molecule has 1 atom stereocenters. The zero-order valence-corrected chi connectivity index (χ0v) is 14.3. The van der Waals surface area contributed by atoms with Crippen LogP contribution in [0.25, 0.3) is 0 Å². The van der Waals surface area contributed by atoms with Gasteiger partial charge in [0.2, 0.25) is 0 Å². The second kappa shape index (κ2) is 10.9. The smallest absolute Gasteiger partial charge is 0.137 e. The lowest BCUT2D eigenvalue weighted by Gasteiger charge is -2.11. The quantitative estimate of drug-likeness (QED) is 0.518. The minimum atomic E-state index is 0.00394. The van der Waals surface area contributed by atoms with Crippen LogP contribution >= 0.6 is 11.6 Å². The predicted molar refractivity (Wildman–Crippen MR) is 92.2 cm³/mol. The molecule has 1 rings (SSSR count). The first-order chi connectivity index (χ1) is 10.1. The Labute approximate surface area is 135 Å². The highest BCUT2D eigenvalue weighted by molar-refractivity contribution is 6.32. The number of halogens is 1. The van der Waals surface area contributed by atoms with Crippen LogP contribution in [-0.2, 0) is 0 Å². The SMILES string of the molecule is CCCCCCCCCCOc1ccc(C(C)N)cc1Cl. The van der Waals surface area contributed by atoms with Crippen molar-refractivity contribution in [3.05, 3.63) is 28.8 Å². The topological polar surface area (TPSA) is 35.2 Å². The molecule has 1 aromatic carbocycles. The first kappa shape index (κ1) is 18.3. The Balaban J connectivity index is 2.13. The standard InChI is InChI=1S/C18H30ClNO/c1-3-4-5-6-7-8-9-10-13-21-18-12-11-16(15(2)20)14-17(18)19/h11-12,14-15H,3-10,13,20H2,1-2H3. The molecule has 0 radical (unpaired) electrons. The van der Waals surface area contributed by atoms with Crippen molar-refractivity contribution in [2.75, 3.05) is 6.61 Å². The number of hydrogen-bond donors (Lipinski definition) is 1. The minimum Gasteiger partial charge on any atom is -0.492 e. The first-order valence-corrected chi connectivity index (χ1v) is 8.70. The molecular formula is C18H30ClNO. The molecule has 0 aliphatic rings. The molecule has 2 N–H and O–H groups in total. The summed E-state index contributed by atoms with van der Waals surface area (Å²) in [4.78, 5) is 0. The van der Waals surface area contributed by atoms with Gasteiger partial charge in [0, 0.05) is 6.04 Å². The van der Waals surface area contributed by atoms with E-state index in [-0.39, 0.29) is 6.04 Å². The van der Waals surface area contributed by atoms with E-state index in [4.69, 9.17) is 22.1 Å². The lowest BCUT2D eigenvalue weighted by atomic mass is 10.1. The number of unbranched alkanes of at least 4 members (excludes halogenated alkanes) is 7. The fraction of sp³-hybridized carbons (Fsp3) is 0.667. The monoisotopic (exact) mass is 311 g/mol. The van der Waals surface area contributed by atoms with E-state index in [0.717, 1.165) is 24.3 Å². The largest absolute Gasteiger partial charge is 0.492 e.